The first-order chi connectivity index (χ1) is 21.1. The van der Waals surface area contributed by atoms with E-state index in [1.54, 1.807) is 42.5 Å². The number of benzene rings is 3. The molecular formula is C31H23Cl2N3O6S2. The highest BCUT2D eigenvalue weighted by molar-refractivity contribution is 8.00. The summed E-state index contributed by atoms with van der Waals surface area (Å²) in [5, 5.41) is 21.2. The Morgan fingerprint density at radius 3 is 2.57 bits per heavy atom. The highest BCUT2D eigenvalue weighted by atomic mass is 35.5. The lowest BCUT2D eigenvalue weighted by Gasteiger charge is -2.22. The summed E-state index contributed by atoms with van der Waals surface area (Å²) in [4.78, 5) is 40.5. The molecule has 44 heavy (non-hydrogen) atoms. The molecule has 0 radical (unpaired) electrons. The number of carbonyl (C=O) groups excluding carboxylic acids is 3. The van der Waals surface area contributed by atoms with Gasteiger partial charge in [0.05, 0.1) is 24.3 Å². The first kappa shape index (κ1) is 30.1. The predicted octanol–water partition coefficient (Wildman–Crippen LogP) is 6.87. The van der Waals surface area contributed by atoms with Crippen LogP contribution in [0.3, 0.4) is 0 Å². The number of fused-ring (bicyclic) bond motifs is 1. The number of hydrogen-bond acceptors (Lipinski definition) is 10. The Morgan fingerprint density at radius 2 is 1.84 bits per heavy atom. The minimum atomic E-state index is -1.04. The molecule has 4 aromatic rings. The molecule has 13 heteroatoms. The number of nitrogens with zero attached hydrogens (tertiary/aromatic N) is 3. The van der Waals surface area contributed by atoms with E-state index >= 15 is 0 Å². The van der Waals surface area contributed by atoms with E-state index in [1.807, 2.05) is 13.0 Å². The number of amides is 1. The number of rotatable bonds is 7. The number of methoxy groups -OCH3 is 1. The molecule has 1 saturated heterocycles. The number of aliphatic hydroxyl groups is 1. The van der Waals surface area contributed by atoms with Crippen LogP contribution in [0.15, 0.2) is 70.6 Å². The maximum absolute atomic E-state index is 13.6. The summed E-state index contributed by atoms with van der Waals surface area (Å²) in [5.41, 5.74) is 2.78. The zero-order valence-corrected chi connectivity index (χ0v) is 26.4. The number of thioether (sulfide) groups is 1. The minimum Gasteiger partial charge on any atom is -0.507 e. The molecule has 3 aromatic carbocycles. The second kappa shape index (κ2) is 12.2. The van der Waals surface area contributed by atoms with Crippen molar-refractivity contribution < 1.29 is 29.0 Å². The number of ketones is 1. The molecule has 2 atom stereocenters. The Bertz CT molecular complexity index is 1840. The van der Waals surface area contributed by atoms with E-state index in [4.69, 9.17) is 32.7 Å². The molecule has 1 aromatic heterocycles. The van der Waals surface area contributed by atoms with Crippen molar-refractivity contribution in [3.8, 4) is 5.75 Å². The highest BCUT2D eigenvalue weighted by Crippen LogP contribution is 2.45. The number of anilines is 1. The van der Waals surface area contributed by atoms with E-state index < -0.39 is 23.7 Å². The second-order valence-corrected chi connectivity index (χ2v) is 13.1. The lowest BCUT2D eigenvalue weighted by molar-refractivity contribution is -0.132. The van der Waals surface area contributed by atoms with Gasteiger partial charge >= 0.3 is 11.9 Å². The lowest BCUT2D eigenvalue weighted by atomic mass is 9.94. The van der Waals surface area contributed by atoms with Crippen molar-refractivity contribution in [2.75, 3.05) is 12.0 Å². The van der Waals surface area contributed by atoms with Crippen molar-refractivity contribution in [2.45, 2.75) is 35.6 Å². The monoisotopic (exact) mass is 667 g/mol. The Labute approximate surface area is 270 Å². The molecule has 1 fully saturated rings. The topological polar surface area (TPSA) is 119 Å². The first-order valence-electron chi connectivity index (χ1n) is 13.3. The van der Waals surface area contributed by atoms with Crippen LogP contribution in [0.1, 0.15) is 45.6 Å². The predicted molar refractivity (Wildman–Crippen MR) is 169 cm³/mol. The van der Waals surface area contributed by atoms with Gasteiger partial charge in [-0.2, -0.15) is 0 Å². The minimum absolute atomic E-state index is 0.0125. The number of aromatic nitrogens is 2. The molecule has 2 unspecified atom stereocenters. The Balaban J connectivity index is 1.39. The van der Waals surface area contributed by atoms with Crippen LogP contribution < -0.4 is 9.64 Å². The zero-order chi connectivity index (χ0) is 31.1. The third kappa shape index (κ3) is 5.68. The Morgan fingerprint density at radius 1 is 1.09 bits per heavy atom. The third-order valence-electron chi connectivity index (χ3n) is 7.23. The quantitative estimate of drug-likeness (QED) is 0.0562. The van der Waals surface area contributed by atoms with Gasteiger partial charge in [0.15, 0.2) is 4.34 Å². The van der Waals surface area contributed by atoms with Crippen LogP contribution in [0, 0.1) is 0 Å². The van der Waals surface area contributed by atoms with Crippen molar-refractivity contribution in [1.82, 2.24) is 10.2 Å². The van der Waals surface area contributed by atoms with Crippen LogP contribution in [0.5, 0.6) is 5.75 Å². The molecule has 9 nitrogen and oxygen atoms in total. The lowest BCUT2D eigenvalue weighted by Crippen LogP contribution is -2.29. The molecule has 6 rings (SSSR count). The van der Waals surface area contributed by atoms with Crippen molar-refractivity contribution in [3.05, 3.63) is 104 Å². The van der Waals surface area contributed by atoms with E-state index in [0.29, 0.717) is 43.4 Å². The van der Waals surface area contributed by atoms with Gasteiger partial charge in [-0.25, -0.2) is 4.79 Å². The van der Waals surface area contributed by atoms with Crippen LogP contribution >= 0.6 is 46.3 Å². The molecule has 3 heterocycles. The molecule has 0 spiro atoms. The maximum Gasteiger partial charge on any atom is 0.337 e. The number of ether oxygens (including phenoxy) is 2. The van der Waals surface area contributed by atoms with Crippen molar-refractivity contribution in [2.24, 2.45) is 0 Å². The van der Waals surface area contributed by atoms with E-state index in [9.17, 15) is 19.5 Å². The van der Waals surface area contributed by atoms with Crippen LogP contribution in [-0.4, -0.2) is 46.2 Å². The van der Waals surface area contributed by atoms with Gasteiger partial charge in [0.2, 0.25) is 5.13 Å². The normalized spacial score (nSPS) is 18.8. The summed E-state index contributed by atoms with van der Waals surface area (Å²) in [7, 11) is 1.28. The number of aliphatic hydroxyl groups excluding tert-OH is 1. The van der Waals surface area contributed by atoms with Gasteiger partial charge in [0, 0.05) is 27.8 Å². The number of esters is 1. The summed E-state index contributed by atoms with van der Waals surface area (Å²) >= 11 is 14.8. The largest absolute Gasteiger partial charge is 0.507 e. The van der Waals surface area contributed by atoms with E-state index in [2.05, 4.69) is 10.2 Å². The highest BCUT2D eigenvalue weighted by Gasteiger charge is 2.48. The molecule has 0 bridgehead atoms. The van der Waals surface area contributed by atoms with Crippen LogP contribution in [0.25, 0.3) is 5.76 Å². The van der Waals surface area contributed by atoms with Gasteiger partial charge < -0.3 is 14.6 Å². The molecule has 2 aliphatic heterocycles. The van der Waals surface area contributed by atoms with Crippen molar-refractivity contribution in [1.29, 1.82) is 0 Å². The second-order valence-electron chi connectivity index (χ2n) is 10.1. The first-order valence-corrected chi connectivity index (χ1v) is 15.9. The molecule has 224 valence electrons. The summed E-state index contributed by atoms with van der Waals surface area (Å²) in [5.74, 6) is -1.41. The number of halogens is 2. The average Bonchev–Trinajstić information content (AvgIpc) is 3.70. The number of hydrogen-bond donors (Lipinski definition) is 1. The summed E-state index contributed by atoms with van der Waals surface area (Å²) in [6.07, 6.45) is 0.636. The van der Waals surface area contributed by atoms with Gasteiger partial charge in [-0.1, -0.05) is 64.5 Å². The van der Waals surface area contributed by atoms with Gasteiger partial charge in [0.1, 0.15) is 17.6 Å². The fourth-order valence-corrected chi connectivity index (χ4v) is 7.55. The third-order valence-corrected chi connectivity index (χ3v) is 9.92. The summed E-state index contributed by atoms with van der Waals surface area (Å²) in [6, 6.07) is 15.6. The smallest absolute Gasteiger partial charge is 0.337 e. The van der Waals surface area contributed by atoms with E-state index in [1.165, 1.54) is 35.9 Å². The molecule has 1 amide bonds. The van der Waals surface area contributed by atoms with Crippen LogP contribution in [0.4, 0.5) is 5.13 Å². The SMILES string of the molecule is COC(=O)c1ccc(C2/C(=C(\O)c3ccc4c(c3)CC(C)O4)C(=O)C(=O)N2c2nnc(SCc3ccc(Cl)cc3Cl)s2)cc1. The molecule has 2 aliphatic rings. The van der Waals surface area contributed by atoms with Crippen LogP contribution in [0.2, 0.25) is 10.0 Å². The Kier molecular flexibility index (Phi) is 8.38. The fourth-order valence-electron chi connectivity index (χ4n) is 5.13. The standard InChI is InChI=1S/C31H23Cl2N3O6S2/c1-15-11-20-12-18(8-10-23(20)42-15)26(37)24-25(16-3-5-17(6-4-16)29(40)41-2)36(28(39)27(24)38)30-34-35-31(44-30)43-14-19-7-9-21(32)13-22(19)33/h3-10,12-13,15,25,37H,11,14H2,1-2H3/b26-24+. The van der Waals surface area contributed by atoms with Crippen molar-refractivity contribution in [3.63, 3.8) is 0 Å². The van der Waals surface area contributed by atoms with Crippen LogP contribution in [-0.2, 0) is 26.5 Å². The molecular weight excluding hydrogens is 645 g/mol. The molecule has 0 saturated carbocycles. The van der Waals surface area contributed by atoms with Gasteiger partial charge in [0.25, 0.3) is 5.78 Å². The molecule has 1 N–H and O–H groups in total. The van der Waals surface area contributed by atoms with Crippen molar-refractivity contribution >= 4 is 74.9 Å². The van der Waals surface area contributed by atoms with Gasteiger partial charge in [-0.3, -0.25) is 14.5 Å². The average molecular weight is 669 g/mol. The van der Waals surface area contributed by atoms with E-state index in [-0.39, 0.29) is 28.1 Å². The van der Waals surface area contributed by atoms with Gasteiger partial charge in [-0.05, 0) is 66.1 Å². The molecule has 0 aliphatic carbocycles. The number of carbonyl (C=O) groups is 3. The fraction of sp³-hybridized carbons (Fsp3) is 0.194. The maximum atomic E-state index is 13.6. The van der Waals surface area contributed by atoms with Gasteiger partial charge in [-0.15, -0.1) is 10.2 Å². The van der Waals surface area contributed by atoms with E-state index in [0.717, 1.165) is 22.5 Å². The summed E-state index contributed by atoms with van der Waals surface area (Å²) in [6.45, 7) is 1.95. The number of Topliss-reactive ketones (excluding diaryl/α,β-unsaturated/α-hetero) is 1. The summed E-state index contributed by atoms with van der Waals surface area (Å²) < 4.78 is 11.1. The zero-order valence-electron chi connectivity index (χ0n) is 23.2. The Hall–Kier alpha value is -3.90.